The van der Waals surface area contributed by atoms with E-state index in [4.69, 9.17) is 0 Å². The van der Waals surface area contributed by atoms with Gasteiger partial charge in [-0.2, -0.15) is 0 Å². The van der Waals surface area contributed by atoms with E-state index in [-0.39, 0.29) is 11.6 Å². The van der Waals surface area contributed by atoms with E-state index in [1.807, 2.05) is 29.5 Å². The fourth-order valence-corrected chi connectivity index (χ4v) is 2.41. The number of rotatable bonds is 2. The predicted octanol–water partition coefficient (Wildman–Crippen LogP) is 2.32. The monoisotopic (exact) mass is 327 g/mol. The Bertz CT molecular complexity index is 505. The Morgan fingerprint density at radius 2 is 1.69 bits per heavy atom. The molecule has 0 aromatic heterocycles. The minimum atomic E-state index is -0.0959. The molecule has 82 valence electrons. The Kier molecular flexibility index (Phi) is 3.09. The van der Waals surface area contributed by atoms with Gasteiger partial charge in [-0.3, -0.25) is 9.59 Å². The molecule has 0 saturated carbocycles. The van der Waals surface area contributed by atoms with Crippen molar-refractivity contribution < 1.29 is 9.59 Å². The molecule has 1 aliphatic carbocycles. The Hall–Kier alpha value is -1.17. The van der Waals surface area contributed by atoms with E-state index in [9.17, 15) is 9.59 Å². The smallest absolute Gasteiger partial charge is 0.210 e. The first-order valence-corrected chi connectivity index (χ1v) is 6.06. The summed E-state index contributed by atoms with van der Waals surface area (Å²) < 4.78 is 0.475. The second-order valence-electron chi connectivity index (χ2n) is 3.42. The highest BCUT2D eigenvalue weighted by molar-refractivity contribution is 14.1. The topological polar surface area (TPSA) is 46.2 Å². The molecule has 0 radical (unpaired) electrons. The highest BCUT2D eigenvalue weighted by Gasteiger charge is 2.30. The molecule has 0 unspecified atom stereocenters. The van der Waals surface area contributed by atoms with Crippen LogP contribution in [0.25, 0.3) is 0 Å². The molecule has 1 aromatic rings. The molecular weight excluding hydrogens is 317 g/mol. The second kappa shape index (κ2) is 4.37. The molecule has 0 atom stereocenters. The third kappa shape index (κ3) is 1.67. The molecule has 0 amide bonds. The number of ketones is 2. The van der Waals surface area contributed by atoms with Gasteiger partial charge in [0.25, 0.3) is 0 Å². The first-order chi connectivity index (χ1) is 7.66. The molecule has 1 aromatic carbocycles. The Morgan fingerprint density at radius 1 is 1.12 bits per heavy atom. The molecule has 0 bridgehead atoms. The lowest BCUT2D eigenvalue weighted by Crippen LogP contribution is -2.28. The summed E-state index contributed by atoms with van der Waals surface area (Å²) in [7, 11) is 0. The van der Waals surface area contributed by atoms with E-state index < -0.39 is 0 Å². The average molecular weight is 327 g/mol. The molecule has 1 aliphatic rings. The molecule has 0 fully saturated rings. The van der Waals surface area contributed by atoms with Crippen molar-refractivity contribution in [2.45, 2.75) is 6.92 Å². The Labute approximate surface area is 107 Å². The van der Waals surface area contributed by atoms with E-state index in [0.717, 1.165) is 0 Å². The van der Waals surface area contributed by atoms with Gasteiger partial charge in [-0.15, -0.1) is 0 Å². The molecule has 4 heteroatoms. The maximum absolute atomic E-state index is 12.1. The van der Waals surface area contributed by atoms with E-state index >= 15 is 0 Å². The summed E-state index contributed by atoms with van der Waals surface area (Å²) in [6.45, 7) is 2.53. The summed E-state index contributed by atoms with van der Waals surface area (Å²) in [6, 6.07) is 6.92. The number of halogens is 1. The molecule has 0 heterocycles. The SMILES string of the molecule is CCNC1=C(I)C(=O)c2ccccc2C1=O. The molecular formula is C12H10INO2. The van der Waals surface area contributed by atoms with E-state index in [1.165, 1.54) is 0 Å². The molecule has 0 spiro atoms. The Morgan fingerprint density at radius 3 is 2.25 bits per heavy atom. The van der Waals surface area contributed by atoms with Gasteiger partial charge >= 0.3 is 0 Å². The number of fused-ring (bicyclic) bond motifs is 1. The number of hydrogen-bond donors (Lipinski definition) is 1. The highest BCUT2D eigenvalue weighted by atomic mass is 127. The summed E-state index contributed by atoms with van der Waals surface area (Å²) >= 11 is 1.93. The number of allylic oxidation sites excluding steroid dienone is 2. The van der Waals surface area contributed by atoms with Crippen molar-refractivity contribution in [3.05, 3.63) is 44.7 Å². The van der Waals surface area contributed by atoms with Crippen molar-refractivity contribution >= 4 is 34.2 Å². The molecule has 3 nitrogen and oxygen atoms in total. The fourth-order valence-electron chi connectivity index (χ4n) is 1.68. The third-order valence-electron chi connectivity index (χ3n) is 2.42. The maximum Gasteiger partial charge on any atom is 0.210 e. The van der Waals surface area contributed by atoms with Crippen molar-refractivity contribution in [3.63, 3.8) is 0 Å². The van der Waals surface area contributed by atoms with Crippen LogP contribution in [0.5, 0.6) is 0 Å². The third-order valence-corrected chi connectivity index (χ3v) is 3.45. The van der Waals surface area contributed by atoms with Crippen molar-refractivity contribution in [2.75, 3.05) is 6.54 Å². The first kappa shape index (κ1) is 11.3. The van der Waals surface area contributed by atoms with Gasteiger partial charge < -0.3 is 5.32 Å². The molecule has 2 rings (SSSR count). The van der Waals surface area contributed by atoms with Crippen LogP contribution in [0.1, 0.15) is 27.6 Å². The lowest BCUT2D eigenvalue weighted by atomic mass is 9.93. The van der Waals surface area contributed by atoms with Crippen molar-refractivity contribution in [1.82, 2.24) is 5.32 Å². The van der Waals surface area contributed by atoms with Gasteiger partial charge in [0.15, 0.2) is 0 Å². The molecule has 1 N–H and O–H groups in total. The zero-order chi connectivity index (χ0) is 11.7. The van der Waals surface area contributed by atoms with Crippen LogP contribution in [-0.4, -0.2) is 18.1 Å². The van der Waals surface area contributed by atoms with Crippen molar-refractivity contribution in [3.8, 4) is 0 Å². The van der Waals surface area contributed by atoms with Gasteiger partial charge in [0.1, 0.15) is 5.70 Å². The van der Waals surface area contributed by atoms with Gasteiger partial charge in [0, 0.05) is 17.7 Å². The van der Waals surface area contributed by atoms with E-state index in [1.54, 1.807) is 24.3 Å². The van der Waals surface area contributed by atoms with Crippen LogP contribution in [0.3, 0.4) is 0 Å². The number of nitrogens with one attached hydrogen (secondary N) is 1. The minimum Gasteiger partial charge on any atom is -0.381 e. The maximum atomic E-state index is 12.1. The van der Waals surface area contributed by atoms with Gasteiger partial charge in [-0.25, -0.2) is 0 Å². The normalized spacial score (nSPS) is 15.1. The van der Waals surface area contributed by atoms with Gasteiger partial charge in [-0.05, 0) is 29.5 Å². The standard InChI is InChI=1S/C12H10INO2/c1-2-14-10-9(13)11(15)7-5-3-4-6-8(7)12(10)16/h3-6,14H,2H2,1H3. The molecule has 16 heavy (non-hydrogen) atoms. The zero-order valence-corrected chi connectivity index (χ0v) is 10.9. The van der Waals surface area contributed by atoms with Gasteiger partial charge in [0.2, 0.25) is 11.6 Å². The van der Waals surface area contributed by atoms with Gasteiger partial charge in [0.05, 0.1) is 3.58 Å². The zero-order valence-electron chi connectivity index (χ0n) is 8.71. The number of carbonyl (C=O) groups is 2. The predicted molar refractivity (Wildman–Crippen MR) is 69.8 cm³/mol. The molecule has 0 aliphatic heterocycles. The van der Waals surface area contributed by atoms with Crippen LogP contribution in [0.2, 0.25) is 0 Å². The number of hydrogen-bond acceptors (Lipinski definition) is 3. The number of likely N-dealkylation sites (N-methyl/N-ethyl adjacent to an activating group) is 1. The van der Waals surface area contributed by atoms with Crippen LogP contribution in [-0.2, 0) is 0 Å². The summed E-state index contributed by atoms with van der Waals surface area (Å²) in [4.78, 5) is 24.1. The summed E-state index contributed by atoms with van der Waals surface area (Å²) in [5.41, 5.74) is 1.41. The Balaban J connectivity index is 2.58. The highest BCUT2D eigenvalue weighted by Crippen LogP contribution is 2.28. The van der Waals surface area contributed by atoms with Crippen LogP contribution in [0.15, 0.2) is 33.5 Å². The lowest BCUT2D eigenvalue weighted by molar-refractivity contribution is 0.0977. The largest absolute Gasteiger partial charge is 0.381 e. The van der Waals surface area contributed by atoms with Gasteiger partial charge in [-0.1, -0.05) is 24.3 Å². The number of Topliss-reactive ketones (excluding diaryl/α,β-unsaturated/α-hetero) is 2. The van der Waals surface area contributed by atoms with Crippen LogP contribution >= 0.6 is 22.6 Å². The van der Waals surface area contributed by atoms with Crippen LogP contribution in [0, 0.1) is 0 Å². The average Bonchev–Trinajstić information content (AvgIpc) is 2.32. The van der Waals surface area contributed by atoms with Crippen LogP contribution in [0.4, 0.5) is 0 Å². The quantitative estimate of drug-likeness (QED) is 0.848. The first-order valence-electron chi connectivity index (χ1n) is 4.99. The van der Waals surface area contributed by atoms with E-state index in [0.29, 0.717) is 26.9 Å². The van der Waals surface area contributed by atoms with Crippen molar-refractivity contribution in [2.24, 2.45) is 0 Å². The molecule has 0 saturated heterocycles. The lowest BCUT2D eigenvalue weighted by Gasteiger charge is -2.18. The number of benzene rings is 1. The fraction of sp³-hybridized carbons (Fsp3) is 0.167. The van der Waals surface area contributed by atoms with E-state index in [2.05, 4.69) is 5.32 Å². The van der Waals surface area contributed by atoms with Crippen molar-refractivity contribution in [1.29, 1.82) is 0 Å². The minimum absolute atomic E-state index is 0.0771. The van der Waals surface area contributed by atoms with Crippen LogP contribution < -0.4 is 5.32 Å². The summed E-state index contributed by atoms with van der Waals surface area (Å²) in [6.07, 6.45) is 0. The number of carbonyl (C=O) groups excluding carboxylic acids is 2. The second-order valence-corrected chi connectivity index (χ2v) is 4.50. The summed E-state index contributed by atoms with van der Waals surface area (Å²) in [5.74, 6) is -0.173. The summed E-state index contributed by atoms with van der Waals surface area (Å²) in [5, 5.41) is 2.96.